The van der Waals surface area contributed by atoms with Crippen LogP contribution in [0.3, 0.4) is 0 Å². The molecule has 19 heavy (non-hydrogen) atoms. The van der Waals surface area contributed by atoms with Crippen LogP contribution in [0.15, 0.2) is 18.2 Å². The summed E-state index contributed by atoms with van der Waals surface area (Å²) < 4.78 is 22.3. The molecule has 0 amide bonds. The van der Waals surface area contributed by atoms with Crippen LogP contribution in [0.1, 0.15) is 5.56 Å². The van der Waals surface area contributed by atoms with Gasteiger partial charge in [-0.15, -0.1) is 0 Å². The van der Waals surface area contributed by atoms with E-state index in [4.69, 9.17) is 28.3 Å². The van der Waals surface area contributed by atoms with Crippen LogP contribution >= 0.6 is 23.2 Å². The van der Waals surface area contributed by atoms with Crippen molar-refractivity contribution >= 4 is 33.0 Å². The molecule has 0 aliphatic carbocycles. The van der Waals surface area contributed by atoms with Gasteiger partial charge < -0.3 is 5.11 Å². The van der Waals surface area contributed by atoms with Crippen LogP contribution in [0, 0.1) is 0 Å². The highest BCUT2D eigenvalue weighted by molar-refractivity contribution is 7.90. The first-order valence-corrected chi connectivity index (χ1v) is 8.58. The van der Waals surface area contributed by atoms with Crippen LogP contribution < -0.4 is 0 Å². The largest absolute Gasteiger partial charge is 0.395 e. The van der Waals surface area contributed by atoms with Gasteiger partial charge in [-0.3, -0.25) is 4.90 Å². The molecule has 0 spiro atoms. The maximum atomic E-state index is 11.2. The molecule has 0 unspecified atom stereocenters. The first-order valence-electron chi connectivity index (χ1n) is 5.76. The minimum atomic E-state index is -3.02. The molecule has 1 aromatic rings. The molecule has 0 saturated heterocycles. The van der Waals surface area contributed by atoms with Gasteiger partial charge in [-0.05, 0) is 17.7 Å². The van der Waals surface area contributed by atoms with Crippen LogP contribution in [-0.4, -0.2) is 50.1 Å². The molecule has 0 radical (unpaired) electrons. The predicted molar refractivity (Wildman–Crippen MR) is 78.5 cm³/mol. The molecule has 108 valence electrons. The number of sulfone groups is 1. The molecule has 0 saturated carbocycles. The molecule has 7 heteroatoms. The van der Waals surface area contributed by atoms with Crippen molar-refractivity contribution in [1.29, 1.82) is 0 Å². The fourth-order valence-corrected chi connectivity index (χ4v) is 2.51. The van der Waals surface area contributed by atoms with Gasteiger partial charge in [-0.2, -0.15) is 0 Å². The molecule has 0 aliphatic heterocycles. The molecular formula is C12H17Cl2NO3S. The number of nitrogens with zero attached hydrogens (tertiary/aromatic N) is 1. The lowest BCUT2D eigenvalue weighted by atomic mass is 10.2. The van der Waals surface area contributed by atoms with Crippen molar-refractivity contribution in [3.05, 3.63) is 33.8 Å². The summed E-state index contributed by atoms with van der Waals surface area (Å²) in [7, 11) is -3.02. The van der Waals surface area contributed by atoms with E-state index in [9.17, 15) is 8.42 Å². The number of hydrogen-bond donors (Lipinski definition) is 1. The van der Waals surface area contributed by atoms with E-state index in [2.05, 4.69) is 0 Å². The molecule has 0 heterocycles. The average molecular weight is 326 g/mol. The summed E-state index contributed by atoms with van der Waals surface area (Å²) in [5.41, 5.74) is 0.927. The van der Waals surface area contributed by atoms with Crippen LogP contribution in [-0.2, 0) is 16.4 Å². The molecule has 0 aromatic heterocycles. The van der Waals surface area contributed by atoms with Crippen molar-refractivity contribution in [3.8, 4) is 0 Å². The summed E-state index contributed by atoms with van der Waals surface area (Å²) in [5.74, 6) is 0.0638. The van der Waals surface area contributed by atoms with E-state index in [1.807, 2.05) is 11.0 Å². The highest BCUT2D eigenvalue weighted by Gasteiger charge is 2.10. The van der Waals surface area contributed by atoms with Gasteiger partial charge in [0.15, 0.2) is 0 Å². The normalized spacial score (nSPS) is 12.1. The average Bonchev–Trinajstić information content (AvgIpc) is 2.30. The molecule has 1 aromatic carbocycles. The number of benzene rings is 1. The standard InChI is InChI=1S/C12H17Cl2NO3S/c1-19(17,18)7-5-15(4-6-16)9-10-2-3-11(13)12(14)8-10/h2-3,8,16H,4-7,9H2,1H3. The van der Waals surface area contributed by atoms with Crippen molar-refractivity contribution in [2.45, 2.75) is 6.54 Å². The lowest BCUT2D eigenvalue weighted by Gasteiger charge is -2.21. The third kappa shape index (κ3) is 6.58. The van der Waals surface area contributed by atoms with Gasteiger partial charge >= 0.3 is 0 Å². The Hall–Kier alpha value is -0.330. The van der Waals surface area contributed by atoms with Crippen LogP contribution in [0.25, 0.3) is 0 Å². The molecule has 4 nitrogen and oxygen atoms in total. The van der Waals surface area contributed by atoms with Gasteiger partial charge in [0.1, 0.15) is 9.84 Å². The Morgan fingerprint density at radius 2 is 1.89 bits per heavy atom. The fourth-order valence-electron chi connectivity index (χ4n) is 1.60. The molecule has 0 aliphatic rings. The molecular weight excluding hydrogens is 309 g/mol. The number of halogens is 2. The summed E-state index contributed by atoms with van der Waals surface area (Å²) >= 11 is 11.8. The number of aliphatic hydroxyl groups excluding tert-OH is 1. The Balaban J connectivity index is 2.69. The topological polar surface area (TPSA) is 57.6 Å². The zero-order valence-corrected chi connectivity index (χ0v) is 13.0. The van der Waals surface area contributed by atoms with Crippen molar-refractivity contribution in [2.24, 2.45) is 0 Å². The van der Waals surface area contributed by atoms with Crippen LogP contribution in [0.4, 0.5) is 0 Å². The Morgan fingerprint density at radius 3 is 2.42 bits per heavy atom. The van der Waals surface area contributed by atoms with Crippen LogP contribution in [0.5, 0.6) is 0 Å². The van der Waals surface area contributed by atoms with Gasteiger partial charge in [-0.1, -0.05) is 29.3 Å². The van der Waals surface area contributed by atoms with E-state index < -0.39 is 9.84 Å². The Bertz CT molecular complexity index is 520. The van der Waals surface area contributed by atoms with Gasteiger partial charge in [0, 0.05) is 25.9 Å². The monoisotopic (exact) mass is 325 g/mol. The summed E-state index contributed by atoms with van der Waals surface area (Å²) in [6.45, 7) is 1.29. The first-order chi connectivity index (χ1) is 8.81. The quantitative estimate of drug-likeness (QED) is 0.831. The maximum Gasteiger partial charge on any atom is 0.148 e. The van der Waals surface area contributed by atoms with Crippen molar-refractivity contribution in [2.75, 3.05) is 31.7 Å². The van der Waals surface area contributed by atoms with Gasteiger partial charge in [-0.25, -0.2) is 8.42 Å². The SMILES string of the molecule is CS(=O)(=O)CCN(CCO)Cc1ccc(Cl)c(Cl)c1. The maximum absolute atomic E-state index is 11.2. The molecule has 1 rings (SSSR count). The second-order valence-electron chi connectivity index (χ2n) is 4.38. The Morgan fingerprint density at radius 1 is 1.21 bits per heavy atom. The third-order valence-electron chi connectivity index (χ3n) is 2.58. The summed E-state index contributed by atoms with van der Waals surface area (Å²) in [6.07, 6.45) is 1.20. The smallest absolute Gasteiger partial charge is 0.148 e. The highest BCUT2D eigenvalue weighted by Crippen LogP contribution is 2.23. The zero-order chi connectivity index (χ0) is 14.5. The minimum Gasteiger partial charge on any atom is -0.395 e. The van der Waals surface area contributed by atoms with E-state index in [1.165, 1.54) is 6.26 Å². The van der Waals surface area contributed by atoms with E-state index in [-0.39, 0.29) is 12.4 Å². The van der Waals surface area contributed by atoms with Crippen molar-refractivity contribution in [3.63, 3.8) is 0 Å². The number of hydrogen-bond acceptors (Lipinski definition) is 4. The van der Waals surface area contributed by atoms with Gasteiger partial charge in [0.05, 0.1) is 22.4 Å². The lowest BCUT2D eigenvalue weighted by Crippen LogP contribution is -2.31. The van der Waals surface area contributed by atoms with E-state index in [0.717, 1.165) is 5.56 Å². The predicted octanol–water partition coefficient (Wildman–Crippen LogP) is 1.83. The Labute approximate surface area is 123 Å². The molecule has 0 bridgehead atoms. The molecule has 0 atom stereocenters. The van der Waals surface area contributed by atoms with Crippen LogP contribution in [0.2, 0.25) is 10.0 Å². The number of rotatable bonds is 7. The minimum absolute atomic E-state index is 0.0227. The fraction of sp³-hybridized carbons (Fsp3) is 0.500. The van der Waals surface area contributed by atoms with E-state index in [1.54, 1.807) is 12.1 Å². The zero-order valence-electron chi connectivity index (χ0n) is 10.6. The van der Waals surface area contributed by atoms with E-state index >= 15 is 0 Å². The van der Waals surface area contributed by atoms with Crippen molar-refractivity contribution < 1.29 is 13.5 Å². The molecule has 1 N–H and O–H groups in total. The summed E-state index contributed by atoms with van der Waals surface area (Å²) in [4.78, 5) is 1.86. The van der Waals surface area contributed by atoms with Gasteiger partial charge in [0.25, 0.3) is 0 Å². The highest BCUT2D eigenvalue weighted by atomic mass is 35.5. The molecule has 0 fully saturated rings. The van der Waals surface area contributed by atoms with Crippen molar-refractivity contribution in [1.82, 2.24) is 4.90 Å². The summed E-state index contributed by atoms with van der Waals surface area (Å²) in [6, 6.07) is 5.28. The number of aliphatic hydroxyl groups is 1. The van der Waals surface area contributed by atoms with Gasteiger partial charge in [0.2, 0.25) is 0 Å². The second-order valence-corrected chi connectivity index (χ2v) is 7.45. The lowest BCUT2D eigenvalue weighted by molar-refractivity contribution is 0.197. The second kappa shape index (κ2) is 7.45. The third-order valence-corrected chi connectivity index (χ3v) is 4.25. The van der Waals surface area contributed by atoms with E-state index in [0.29, 0.717) is 29.7 Å². The first kappa shape index (κ1) is 16.7. The Kier molecular flexibility index (Phi) is 6.56. The summed E-state index contributed by atoms with van der Waals surface area (Å²) in [5, 5.41) is 9.95.